The Morgan fingerprint density at radius 1 is 1.35 bits per heavy atom. The van der Waals surface area contributed by atoms with Crippen LogP contribution in [-0.2, 0) is 11.2 Å². The number of H-pyrrole nitrogens is 1. The van der Waals surface area contributed by atoms with Gasteiger partial charge >= 0.3 is 0 Å². The van der Waals surface area contributed by atoms with Gasteiger partial charge in [-0.3, -0.25) is 9.59 Å². The first kappa shape index (κ1) is 18.0. The number of methoxy groups -OCH3 is 1. The summed E-state index contributed by atoms with van der Waals surface area (Å²) < 4.78 is 5.44. The molecule has 0 radical (unpaired) electrons. The molecule has 0 spiro atoms. The Morgan fingerprint density at radius 2 is 2.12 bits per heavy atom. The average Bonchev–Trinajstić information content (AvgIpc) is 2.63. The van der Waals surface area contributed by atoms with Crippen molar-refractivity contribution in [2.75, 3.05) is 31.6 Å². The van der Waals surface area contributed by atoms with E-state index >= 15 is 0 Å². The highest BCUT2D eigenvalue weighted by Crippen LogP contribution is 2.29. The summed E-state index contributed by atoms with van der Waals surface area (Å²) in [4.78, 5) is 35.4. The maximum absolute atomic E-state index is 12.7. The number of ether oxygens (including phenoxy) is 1. The number of rotatable bonds is 4. The van der Waals surface area contributed by atoms with Crippen molar-refractivity contribution in [3.8, 4) is 5.75 Å². The molecule has 1 aliphatic heterocycles. The minimum Gasteiger partial charge on any atom is -0.495 e. The summed E-state index contributed by atoms with van der Waals surface area (Å²) in [6, 6.07) is 7.93. The van der Waals surface area contributed by atoms with Crippen molar-refractivity contribution in [1.82, 2.24) is 14.9 Å². The zero-order chi connectivity index (χ0) is 18.7. The summed E-state index contributed by atoms with van der Waals surface area (Å²) in [5, 5.41) is 0. The molecule has 2 aromatic rings. The molecule has 0 aliphatic carbocycles. The zero-order valence-electron chi connectivity index (χ0n) is 15.4. The van der Waals surface area contributed by atoms with Crippen LogP contribution in [-0.4, -0.2) is 53.6 Å². The lowest BCUT2D eigenvalue weighted by Crippen LogP contribution is -2.54. The summed E-state index contributed by atoms with van der Waals surface area (Å²) >= 11 is 0. The van der Waals surface area contributed by atoms with Crippen molar-refractivity contribution in [2.45, 2.75) is 26.3 Å². The fourth-order valence-electron chi connectivity index (χ4n) is 3.34. The third kappa shape index (κ3) is 3.71. The quantitative estimate of drug-likeness (QED) is 0.895. The van der Waals surface area contributed by atoms with Crippen LogP contribution in [0.25, 0.3) is 0 Å². The largest absolute Gasteiger partial charge is 0.495 e. The van der Waals surface area contributed by atoms with Gasteiger partial charge in [-0.05, 0) is 26.0 Å². The smallest absolute Gasteiger partial charge is 0.254 e. The summed E-state index contributed by atoms with van der Waals surface area (Å²) in [7, 11) is 1.66. The van der Waals surface area contributed by atoms with Crippen LogP contribution < -0.4 is 15.2 Å². The van der Waals surface area contributed by atoms with E-state index in [0.717, 1.165) is 18.0 Å². The van der Waals surface area contributed by atoms with Crippen molar-refractivity contribution in [1.29, 1.82) is 0 Å². The van der Waals surface area contributed by atoms with Gasteiger partial charge in [-0.25, -0.2) is 4.98 Å². The van der Waals surface area contributed by atoms with E-state index in [1.165, 1.54) is 6.20 Å². The molecule has 0 unspecified atom stereocenters. The van der Waals surface area contributed by atoms with Crippen LogP contribution in [0.15, 0.2) is 35.3 Å². The normalized spacial score (nSPS) is 17.3. The molecule has 138 valence electrons. The first-order valence-corrected chi connectivity index (χ1v) is 8.72. The standard InChI is InChI=1S/C19H24N4O3/c1-13-12-22(16-6-4-5-7-17(16)26-3)8-9-23(13)18(24)10-15-11-20-14(2)21-19(15)25/h4-7,11,13H,8-10,12H2,1-3H3,(H,20,21,25)/t13-/m0/s1. The summed E-state index contributed by atoms with van der Waals surface area (Å²) in [6.07, 6.45) is 1.56. The second kappa shape index (κ2) is 7.59. The minimum atomic E-state index is -0.244. The molecule has 1 N–H and O–H groups in total. The average molecular weight is 356 g/mol. The van der Waals surface area contributed by atoms with E-state index in [1.807, 2.05) is 36.1 Å². The van der Waals surface area contributed by atoms with Gasteiger partial charge < -0.3 is 19.5 Å². The van der Waals surface area contributed by atoms with Crippen molar-refractivity contribution < 1.29 is 9.53 Å². The number of hydrogen-bond donors (Lipinski definition) is 1. The fourth-order valence-corrected chi connectivity index (χ4v) is 3.34. The van der Waals surface area contributed by atoms with Gasteiger partial charge in [0, 0.05) is 37.4 Å². The van der Waals surface area contributed by atoms with Crippen molar-refractivity contribution in [3.05, 3.63) is 52.2 Å². The van der Waals surface area contributed by atoms with Gasteiger partial charge in [0.1, 0.15) is 11.6 Å². The van der Waals surface area contributed by atoms with Crippen LogP contribution in [0, 0.1) is 6.92 Å². The highest BCUT2D eigenvalue weighted by Gasteiger charge is 2.29. The molecule has 1 aromatic carbocycles. The Morgan fingerprint density at radius 3 is 2.81 bits per heavy atom. The number of nitrogens with zero attached hydrogens (tertiary/aromatic N) is 3. The molecule has 1 aliphatic rings. The number of anilines is 1. The molecule has 0 saturated carbocycles. The Labute approximate surface area is 152 Å². The molecule has 0 bridgehead atoms. The lowest BCUT2D eigenvalue weighted by atomic mass is 10.1. The third-order valence-corrected chi connectivity index (χ3v) is 4.72. The molecule has 1 atom stereocenters. The number of hydrogen-bond acceptors (Lipinski definition) is 5. The Hall–Kier alpha value is -2.83. The lowest BCUT2D eigenvalue weighted by Gasteiger charge is -2.41. The van der Waals surface area contributed by atoms with Crippen LogP contribution in [0.3, 0.4) is 0 Å². The Bertz CT molecular complexity index is 849. The molecule has 26 heavy (non-hydrogen) atoms. The highest BCUT2D eigenvalue weighted by atomic mass is 16.5. The van der Waals surface area contributed by atoms with Gasteiger partial charge in [0.25, 0.3) is 5.56 Å². The number of para-hydroxylation sites is 2. The monoisotopic (exact) mass is 356 g/mol. The van der Waals surface area contributed by atoms with Crippen LogP contribution in [0.5, 0.6) is 5.75 Å². The maximum atomic E-state index is 12.7. The van der Waals surface area contributed by atoms with E-state index in [0.29, 0.717) is 24.5 Å². The van der Waals surface area contributed by atoms with Crippen LogP contribution >= 0.6 is 0 Å². The van der Waals surface area contributed by atoms with Gasteiger partial charge in [0.15, 0.2) is 0 Å². The van der Waals surface area contributed by atoms with Gasteiger partial charge in [0.05, 0.1) is 19.2 Å². The van der Waals surface area contributed by atoms with E-state index in [9.17, 15) is 9.59 Å². The molecule has 7 heteroatoms. The molecule has 1 aromatic heterocycles. The molecule has 1 amide bonds. The molecule has 3 rings (SSSR count). The fraction of sp³-hybridized carbons (Fsp3) is 0.421. The van der Waals surface area contributed by atoms with E-state index in [1.54, 1.807) is 14.0 Å². The van der Waals surface area contributed by atoms with E-state index in [4.69, 9.17) is 4.74 Å². The number of amides is 1. The van der Waals surface area contributed by atoms with Crippen LogP contribution in [0.2, 0.25) is 0 Å². The number of nitrogens with one attached hydrogen (secondary N) is 1. The first-order valence-electron chi connectivity index (χ1n) is 8.72. The predicted octanol–water partition coefficient (Wildman–Crippen LogP) is 1.37. The van der Waals surface area contributed by atoms with Crippen molar-refractivity contribution >= 4 is 11.6 Å². The highest BCUT2D eigenvalue weighted by molar-refractivity contribution is 5.79. The van der Waals surface area contributed by atoms with Crippen molar-refractivity contribution in [2.24, 2.45) is 0 Å². The van der Waals surface area contributed by atoms with Crippen LogP contribution in [0.1, 0.15) is 18.3 Å². The molecular weight excluding hydrogens is 332 g/mol. The third-order valence-electron chi connectivity index (χ3n) is 4.72. The van der Waals surface area contributed by atoms with E-state index < -0.39 is 0 Å². The first-order chi connectivity index (χ1) is 12.5. The number of aromatic nitrogens is 2. The molecular formula is C19H24N4O3. The molecule has 1 fully saturated rings. The Balaban J connectivity index is 1.68. The number of carbonyl (C=O) groups is 1. The predicted molar refractivity (Wildman–Crippen MR) is 99.7 cm³/mol. The minimum absolute atomic E-state index is 0.0404. The summed E-state index contributed by atoms with van der Waals surface area (Å²) in [5.41, 5.74) is 1.19. The van der Waals surface area contributed by atoms with Gasteiger partial charge in [-0.1, -0.05) is 12.1 Å². The van der Waals surface area contributed by atoms with Crippen LogP contribution in [0.4, 0.5) is 5.69 Å². The number of aryl methyl sites for hydroxylation is 1. The second-order valence-corrected chi connectivity index (χ2v) is 6.55. The maximum Gasteiger partial charge on any atom is 0.254 e. The SMILES string of the molecule is COc1ccccc1N1CCN(C(=O)Cc2cnc(C)[nH]c2=O)[C@@H](C)C1. The van der Waals surface area contributed by atoms with Gasteiger partial charge in [0.2, 0.25) is 5.91 Å². The summed E-state index contributed by atoms with van der Waals surface area (Å²) in [6.45, 7) is 5.78. The van der Waals surface area contributed by atoms with E-state index in [2.05, 4.69) is 14.9 Å². The molecule has 2 heterocycles. The zero-order valence-corrected chi connectivity index (χ0v) is 15.4. The summed E-state index contributed by atoms with van der Waals surface area (Å²) in [5.74, 6) is 1.33. The van der Waals surface area contributed by atoms with Gasteiger partial charge in [-0.2, -0.15) is 0 Å². The molecule has 1 saturated heterocycles. The number of benzene rings is 1. The molecule has 7 nitrogen and oxygen atoms in total. The second-order valence-electron chi connectivity index (χ2n) is 6.55. The topological polar surface area (TPSA) is 78.5 Å². The van der Waals surface area contributed by atoms with E-state index in [-0.39, 0.29) is 23.9 Å². The Kier molecular flexibility index (Phi) is 5.25. The number of aromatic amines is 1. The number of carbonyl (C=O) groups excluding carboxylic acids is 1. The van der Waals surface area contributed by atoms with Gasteiger partial charge in [-0.15, -0.1) is 0 Å². The van der Waals surface area contributed by atoms with Crippen molar-refractivity contribution in [3.63, 3.8) is 0 Å². The lowest BCUT2D eigenvalue weighted by molar-refractivity contribution is -0.132. The number of piperazine rings is 1.